The van der Waals surface area contributed by atoms with Crippen LogP contribution in [-0.4, -0.2) is 22.8 Å². The normalized spacial score (nSPS) is 14.4. The highest BCUT2D eigenvalue weighted by Gasteiger charge is 2.32. The molecule has 1 aliphatic rings. The molecule has 116 valence electrons. The maximum absolute atomic E-state index is 14.0. The quantitative estimate of drug-likeness (QED) is 0.946. The van der Waals surface area contributed by atoms with Gasteiger partial charge in [-0.15, -0.1) is 0 Å². The number of aromatic carboxylic acids is 1. The zero-order chi connectivity index (χ0) is 16.2. The van der Waals surface area contributed by atoms with Crippen molar-refractivity contribution in [1.82, 2.24) is 4.57 Å². The molecule has 0 saturated heterocycles. The second kappa shape index (κ2) is 4.79. The summed E-state index contributed by atoms with van der Waals surface area (Å²) in [6.45, 7) is 1.49. The van der Waals surface area contributed by atoms with E-state index in [9.17, 15) is 23.5 Å². The predicted octanol–water partition coefficient (Wildman–Crippen LogP) is 2.63. The lowest BCUT2D eigenvalue weighted by atomic mass is 10.1. The fourth-order valence-electron chi connectivity index (χ4n) is 2.82. The van der Waals surface area contributed by atoms with Gasteiger partial charge in [0.2, 0.25) is 11.2 Å². The molecule has 22 heavy (non-hydrogen) atoms. The van der Waals surface area contributed by atoms with Crippen molar-refractivity contribution in [1.29, 1.82) is 0 Å². The molecule has 1 aromatic heterocycles. The third kappa shape index (κ3) is 1.88. The van der Waals surface area contributed by atoms with E-state index in [1.807, 2.05) is 0 Å². The smallest absolute Gasteiger partial charge is 0.341 e. The highest BCUT2D eigenvalue weighted by molar-refractivity contribution is 5.96. The van der Waals surface area contributed by atoms with E-state index in [2.05, 4.69) is 0 Å². The lowest BCUT2D eigenvalue weighted by Crippen LogP contribution is -2.23. The second-order valence-electron chi connectivity index (χ2n) is 5.30. The number of hydrogen-bond acceptors (Lipinski definition) is 3. The number of nitrogens with zero attached hydrogens (tertiary/aromatic N) is 1. The van der Waals surface area contributed by atoms with Crippen molar-refractivity contribution < 1.29 is 23.4 Å². The van der Waals surface area contributed by atoms with Crippen LogP contribution in [0, 0.1) is 18.6 Å². The molecule has 1 heterocycles. The summed E-state index contributed by atoms with van der Waals surface area (Å²) in [7, 11) is 1.18. The number of carbonyl (C=O) groups is 1. The van der Waals surface area contributed by atoms with Crippen molar-refractivity contribution in [2.24, 2.45) is 0 Å². The van der Waals surface area contributed by atoms with Crippen molar-refractivity contribution in [2.45, 2.75) is 25.8 Å². The minimum atomic E-state index is -1.39. The summed E-state index contributed by atoms with van der Waals surface area (Å²) >= 11 is 0. The van der Waals surface area contributed by atoms with Crippen molar-refractivity contribution in [3.63, 3.8) is 0 Å². The van der Waals surface area contributed by atoms with Gasteiger partial charge in [-0.25, -0.2) is 9.18 Å². The number of carboxylic acid groups (broad SMARTS) is 1. The monoisotopic (exact) mass is 309 g/mol. The van der Waals surface area contributed by atoms with Crippen LogP contribution in [0.15, 0.2) is 10.9 Å². The first-order valence-corrected chi connectivity index (χ1v) is 6.72. The van der Waals surface area contributed by atoms with Crippen LogP contribution < -0.4 is 10.2 Å². The summed E-state index contributed by atoms with van der Waals surface area (Å²) in [6, 6.07) is 0.695. The van der Waals surface area contributed by atoms with Crippen LogP contribution in [-0.2, 0) is 0 Å². The van der Waals surface area contributed by atoms with Gasteiger partial charge >= 0.3 is 5.97 Å². The van der Waals surface area contributed by atoms with Gasteiger partial charge in [-0.05, 0) is 25.8 Å². The number of fused-ring (bicyclic) bond motifs is 1. The van der Waals surface area contributed by atoms with Crippen LogP contribution in [0.4, 0.5) is 8.78 Å². The number of rotatable bonds is 3. The Morgan fingerprint density at radius 3 is 2.55 bits per heavy atom. The molecule has 0 aliphatic heterocycles. The van der Waals surface area contributed by atoms with Gasteiger partial charge in [-0.3, -0.25) is 4.79 Å². The van der Waals surface area contributed by atoms with Crippen LogP contribution in [0.1, 0.15) is 34.9 Å². The highest BCUT2D eigenvalue weighted by Crippen LogP contribution is 2.41. The average molecular weight is 309 g/mol. The van der Waals surface area contributed by atoms with Crippen molar-refractivity contribution in [2.75, 3.05) is 7.11 Å². The van der Waals surface area contributed by atoms with Gasteiger partial charge < -0.3 is 14.4 Å². The van der Waals surface area contributed by atoms with Crippen LogP contribution in [0.2, 0.25) is 0 Å². The zero-order valence-electron chi connectivity index (χ0n) is 11.9. The Balaban J connectivity index is 2.60. The number of hydrogen-bond donors (Lipinski definition) is 1. The third-order valence-corrected chi connectivity index (χ3v) is 3.92. The first-order valence-electron chi connectivity index (χ1n) is 6.72. The van der Waals surface area contributed by atoms with Crippen LogP contribution in [0.5, 0.6) is 5.75 Å². The van der Waals surface area contributed by atoms with Crippen molar-refractivity contribution in [3.8, 4) is 5.75 Å². The van der Waals surface area contributed by atoms with E-state index >= 15 is 0 Å². The SMILES string of the molecule is COc1c(F)c(F)cc2c(=O)c(C(=O)O)c(C)n(C3CC3)c12. The van der Waals surface area contributed by atoms with Crippen LogP contribution in [0.25, 0.3) is 10.9 Å². The number of methoxy groups -OCH3 is 1. The van der Waals surface area contributed by atoms with E-state index < -0.39 is 28.6 Å². The van der Waals surface area contributed by atoms with E-state index in [-0.39, 0.29) is 28.4 Å². The molecule has 1 aliphatic carbocycles. The van der Waals surface area contributed by atoms with Gasteiger partial charge in [-0.2, -0.15) is 4.39 Å². The Morgan fingerprint density at radius 1 is 1.41 bits per heavy atom. The maximum atomic E-state index is 14.0. The van der Waals surface area contributed by atoms with E-state index in [4.69, 9.17) is 4.74 Å². The van der Waals surface area contributed by atoms with Gasteiger partial charge in [0.05, 0.1) is 18.0 Å². The Hall–Kier alpha value is -2.44. The molecule has 0 unspecified atom stereocenters. The molecule has 0 atom stereocenters. The fraction of sp³-hybridized carbons (Fsp3) is 0.333. The minimum absolute atomic E-state index is 0.0417. The molecular formula is C15H13F2NO4. The number of carboxylic acids is 1. The number of halogens is 2. The van der Waals surface area contributed by atoms with E-state index in [1.54, 1.807) is 4.57 Å². The summed E-state index contributed by atoms with van der Waals surface area (Å²) in [5.41, 5.74) is -0.935. The topological polar surface area (TPSA) is 68.5 Å². The van der Waals surface area contributed by atoms with Gasteiger partial charge in [-0.1, -0.05) is 0 Å². The maximum Gasteiger partial charge on any atom is 0.341 e. The summed E-state index contributed by atoms with van der Waals surface area (Å²) in [5.74, 6) is -4.20. The van der Waals surface area contributed by atoms with E-state index in [0.29, 0.717) is 0 Å². The Labute approximate surface area is 123 Å². The molecule has 1 saturated carbocycles. The van der Waals surface area contributed by atoms with Gasteiger partial charge in [0.25, 0.3) is 0 Å². The molecule has 0 spiro atoms. The van der Waals surface area contributed by atoms with Crippen LogP contribution in [0.3, 0.4) is 0 Å². The van der Waals surface area contributed by atoms with E-state index in [1.165, 1.54) is 14.0 Å². The minimum Gasteiger partial charge on any atom is -0.491 e. The first kappa shape index (κ1) is 14.5. The molecule has 7 heteroatoms. The average Bonchev–Trinajstić information content (AvgIpc) is 3.26. The Kier molecular flexibility index (Phi) is 3.16. The Bertz CT molecular complexity index is 868. The largest absolute Gasteiger partial charge is 0.491 e. The number of pyridine rings is 1. The summed E-state index contributed by atoms with van der Waals surface area (Å²) in [5, 5.41) is 9.08. The molecule has 1 fully saturated rings. The van der Waals surface area contributed by atoms with Gasteiger partial charge in [0.1, 0.15) is 5.56 Å². The molecule has 1 N–H and O–H groups in total. The Morgan fingerprint density at radius 2 is 2.05 bits per heavy atom. The lowest BCUT2D eigenvalue weighted by Gasteiger charge is -2.18. The molecular weight excluding hydrogens is 296 g/mol. The highest BCUT2D eigenvalue weighted by atomic mass is 19.2. The third-order valence-electron chi connectivity index (χ3n) is 3.92. The summed E-state index contributed by atoms with van der Waals surface area (Å²) in [4.78, 5) is 23.8. The van der Waals surface area contributed by atoms with Crippen molar-refractivity contribution in [3.05, 3.63) is 39.2 Å². The molecule has 3 rings (SSSR count). The molecule has 0 amide bonds. The summed E-state index contributed by atoms with van der Waals surface area (Å²) in [6.07, 6.45) is 1.56. The predicted molar refractivity (Wildman–Crippen MR) is 74.6 cm³/mol. The number of benzene rings is 1. The second-order valence-corrected chi connectivity index (χ2v) is 5.30. The lowest BCUT2D eigenvalue weighted by molar-refractivity contribution is 0.0694. The zero-order valence-corrected chi connectivity index (χ0v) is 11.9. The molecule has 1 aromatic carbocycles. The van der Waals surface area contributed by atoms with Gasteiger partial charge in [0, 0.05) is 11.7 Å². The van der Waals surface area contributed by atoms with Crippen molar-refractivity contribution >= 4 is 16.9 Å². The standard InChI is InChI=1S/C15H13F2NO4/c1-6-10(15(20)21)13(19)8-5-9(16)11(17)14(22-2)12(8)18(6)7-3-4-7/h5,7H,3-4H2,1-2H3,(H,20,21). The molecule has 0 bridgehead atoms. The van der Waals surface area contributed by atoms with Crippen LogP contribution >= 0.6 is 0 Å². The first-order chi connectivity index (χ1) is 10.4. The molecule has 5 nitrogen and oxygen atoms in total. The van der Waals surface area contributed by atoms with E-state index in [0.717, 1.165) is 18.9 Å². The molecule has 0 radical (unpaired) electrons. The number of ether oxygens (including phenoxy) is 1. The van der Waals surface area contributed by atoms with Gasteiger partial charge in [0.15, 0.2) is 11.6 Å². The molecule has 2 aromatic rings. The summed E-state index contributed by atoms with van der Waals surface area (Å²) < 4.78 is 34.2. The fourth-order valence-corrected chi connectivity index (χ4v) is 2.82. The number of aromatic nitrogens is 1.